The molecule has 0 amide bonds. The third-order valence-electron chi connectivity index (χ3n) is 4.68. The number of nitrogens with zero attached hydrogens (tertiary/aromatic N) is 1. The third kappa shape index (κ3) is 6.81. The number of thioether (sulfide) groups is 1. The Labute approximate surface area is 182 Å². The van der Waals surface area contributed by atoms with Gasteiger partial charge in [0.15, 0.2) is 4.34 Å². The number of benzene rings is 2. The standard InChI is InChI=1S/C22H28N2O2S3/c1-2-3-4-5-6-10-15-27-22-24-20-14-13-19(16-21(20)28-22)29(25,26)23-17-18-11-8-7-9-12-18/h7-9,11-14,16,23H,2-6,10,15,17H2,1H3. The molecular weight excluding hydrogens is 420 g/mol. The molecule has 0 radical (unpaired) electrons. The average molecular weight is 449 g/mol. The van der Waals surface area contributed by atoms with Gasteiger partial charge in [-0.05, 0) is 30.2 Å². The first kappa shape index (κ1) is 22.3. The van der Waals surface area contributed by atoms with Crippen molar-refractivity contribution in [3.63, 3.8) is 0 Å². The van der Waals surface area contributed by atoms with Gasteiger partial charge in [-0.1, -0.05) is 81.1 Å². The first-order valence-corrected chi connectivity index (χ1v) is 13.4. The number of hydrogen-bond acceptors (Lipinski definition) is 5. The Bertz CT molecular complexity index is 1000. The summed E-state index contributed by atoms with van der Waals surface area (Å²) >= 11 is 3.35. The van der Waals surface area contributed by atoms with Gasteiger partial charge in [-0.3, -0.25) is 0 Å². The molecule has 3 aromatic rings. The molecule has 156 valence electrons. The molecule has 2 aromatic carbocycles. The summed E-state index contributed by atoms with van der Waals surface area (Å²) in [6.45, 7) is 2.52. The van der Waals surface area contributed by atoms with Gasteiger partial charge >= 0.3 is 0 Å². The van der Waals surface area contributed by atoms with Gasteiger partial charge in [0.05, 0.1) is 15.1 Å². The summed E-state index contributed by atoms with van der Waals surface area (Å²) in [4.78, 5) is 4.93. The van der Waals surface area contributed by atoms with Crippen LogP contribution >= 0.6 is 23.1 Å². The molecule has 0 aliphatic heterocycles. The molecule has 29 heavy (non-hydrogen) atoms. The number of nitrogens with one attached hydrogen (secondary N) is 1. The third-order valence-corrected chi connectivity index (χ3v) is 8.33. The lowest BCUT2D eigenvalue weighted by atomic mass is 10.1. The summed E-state index contributed by atoms with van der Waals surface area (Å²) in [7, 11) is -3.55. The lowest BCUT2D eigenvalue weighted by Crippen LogP contribution is -2.23. The topological polar surface area (TPSA) is 59.1 Å². The van der Waals surface area contributed by atoms with Crippen LogP contribution in [0.2, 0.25) is 0 Å². The van der Waals surface area contributed by atoms with Crippen LogP contribution in [0.25, 0.3) is 10.2 Å². The number of unbranched alkanes of at least 4 members (excludes halogenated alkanes) is 5. The fourth-order valence-corrected chi connectivity index (χ4v) is 6.31. The van der Waals surface area contributed by atoms with Crippen LogP contribution in [0.4, 0.5) is 0 Å². The van der Waals surface area contributed by atoms with Crippen molar-refractivity contribution in [1.82, 2.24) is 9.71 Å². The summed E-state index contributed by atoms with van der Waals surface area (Å²) < 4.78 is 29.9. The molecule has 7 heteroatoms. The molecule has 1 N–H and O–H groups in total. The van der Waals surface area contributed by atoms with Crippen LogP contribution in [-0.2, 0) is 16.6 Å². The van der Waals surface area contributed by atoms with Gasteiger partial charge in [0, 0.05) is 12.3 Å². The SMILES string of the molecule is CCCCCCCCSc1nc2ccc(S(=O)(=O)NCc3ccccc3)cc2s1. The molecule has 0 saturated carbocycles. The van der Waals surface area contributed by atoms with Crippen molar-refractivity contribution in [3.8, 4) is 0 Å². The Kier molecular flexibility index (Phi) is 8.53. The normalized spacial score (nSPS) is 11.9. The summed E-state index contributed by atoms with van der Waals surface area (Å²) in [6, 6.07) is 14.7. The zero-order chi connectivity index (χ0) is 20.5. The fraction of sp³-hybridized carbons (Fsp3) is 0.409. The molecule has 0 aliphatic rings. The van der Waals surface area contributed by atoms with E-state index in [1.54, 1.807) is 41.3 Å². The first-order chi connectivity index (χ1) is 14.1. The maximum absolute atomic E-state index is 12.6. The highest BCUT2D eigenvalue weighted by Gasteiger charge is 2.15. The Morgan fingerprint density at radius 2 is 1.76 bits per heavy atom. The van der Waals surface area contributed by atoms with Gasteiger partial charge in [-0.25, -0.2) is 18.1 Å². The summed E-state index contributed by atoms with van der Waals surface area (Å²) in [5.74, 6) is 1.07. The van der Waals surface area contributed by atoms with Crippen molar-refractivity contribution < 1.29 is 8.42 Å². The second kappa shape index (κ2) is 11.1. The highest BCUT2D eigenvalue weighted by atomic mass is 32.2. The maximum Gasteiger partial charge on any atom is 0.240 e. The van der Waals surface area contributed by atoms with Gasteiger partial charge in [0.25, 0.3) is 0 Å². The molecule has 0 aliphatic carbocycles. The van der Waals surface area contributed by atoms with Crippen molar-refractivity contribution in [3.05, 3.63) is 54.1 Å². The number of aromatic nitrogens is 1. The fourth-order valence-electron chi connectivity index (χ4n) is 3.01. The quantitative estimate of drug-likeness (QED) is 0.264. The van der Waals surface area contributed by atoms with E-state index >= 15 is 0 Å². The van der Waals surface area contributed by atoms with E-state index < -0.39 is 10.0 Å². The average Bonchev–Trinajstić information content (AvgIpc) is 3.14. The molecule has 0 saturated heterocycles. The van der Waals surface area contributed by atoms with Crippen LogP contribution < -0.4 is 4.72 Å². The molecule has 4 nitrogen and oxygen atoms in total. The van der Waals surface area contributed by atoms with Crippen LogP contribution in [0.3, 0.4) is 0 Å². The molecule has 0 fully saturated rings. The minimum absolute atomic E-state index is 0.281. The van der Waals surface area contributed by atoms with E-state index in [1.165, 1.54) is 38.5 Å². The van der Waals surface area contributed by atoms with Gasteiger partial charge < -0.3 is 0 Å². The highest BCUT2D eigenvalue weighted by Crippen LogP contribution is 2.31. The second-order valence-electron chi connectivity index (χ2n) is 7.04. The number of hydrogen-bond donors (Lipinski definition) is 1. The number of rotatable bonds is 12. The minimum Gasteiger partial charge on any atom is -0.230 e. The molecule has 1 aromatic heterocycles. The van der Waals surface area contributed by atoms with Crippen LogP contribution in [0, 0.1) is 0 Å². The predicted octanol–water partition coefficient (Wildman–Crippen LogP) is 6.23. The van der Waals surface area contributed by atoms with Gasteiger partial charge in [0.1, 0.15) is 0 Å². The van der Waals surface area contributed by atoms with Crippen LogP contribution in [-0.4, -0.2) is 19.2 Å². The molecule has 1 heterocycles. The van der Waals surface area contributed by atoms with Crippen molar-refractivity contribution in [1.29, 1.82) is 0 Å². The number of thiazole rings is 1. The zero-order valence-corrected chi connectivity index (χ0v) is 19.2. The van der Waals surface area contributed by atoms with Crippen molar-refractivity contribution in [2.24, 2.45) is 0 Å². The van der Waals surface area contributed by atoms with E-state index in [4.69, 9.17) is 0 Å². The summed E-state index contributed by atoms with van der Waals surface area (Å²) in [5, 5.41) is 0. The van der Waals surface area contributed by atoms with Crippen LogP contribution in [0.5, 0.6) is 0 Å². The monoisotopic (exact) mass is 448 g/mol. The van der Waals surface area contributed by atoms with E-state index in [9.17, 15) is 8.42 Å². The lowest BCUT2D eigenvalue weighted by molar-refractivity contribution is 0.581. The molecule has 0 spiro atoms. The van der Waals surface area contributed by atoms with E-state index in [0.717, 1.165) is 25.9 Å². The van der Waals surface area contributed by atoms with Crippen LogP contribution in [0.1, 0.15) is 51.0 Å². The Balaban J connectivity index is 1.56. The minimum atomic E-state index is -3.55. The largest absolute Gasteiger partial charge is 0.240 e. The summed E-state index contributed by atoms with van der Waals surface area (Å²) in [6.07, 6.45) is 7.72. The second-order valence-corrected chi connectivity index (χ2v) is 11.2. The van der Waals surface area contributed by atoms with E-state index in [0.29, 0.717) is 0 Å². The molecule has 0 bridgehead atoms. The van der Waals surface area contributed by atoms with E-state index in [2.05, 4.69) is 16.6 Å². The maximum atomic E-state index is 12.6. The zero-order valence-electron chi connectivity index (χ0n) is 16.8. The lowest BCUT2D eigenvalue weighted by Gasteiger charge is -2.06. The van der Waals surface area contributed by atoms with Crippen LogP contribution in [0.15, 0.2) is 57.8 Å². The van der Waals surface area contributed by atoms with E-state index in [-0.39, 0.29) is 11.4 Å². The van der Waals surface area contributed by atoms with Crippen molar-refractivity contribution in [2.45, 2.75) is 61.2 Å². The van der Waals surface area contributed by atoms with Gasteiger partial charge in [0.2, 0.25) is 10.0 Å². The smallest absolute Gasteiger partial charge is 0.230 e. The molecule has 0 unspecified atom stereocenters. The summed E-state index contributed by atoms with van der Waals surface area (Å²) in [5.41, 5.74) is 1.80. The Morgan fingerprint density at radius 3 is 2.55 bits per heavy atom. The van der Waals surface area contributed by atoms with Gasteiger partial charge in [-0.2, -0.15) is 0 Å². The molecule has 3 rings (SSSR count). The Hall–Kier alpha value is -1.41. The van der Waals surface area contributed by atoms with Gasteiger partial charge in [-0.15, -0.1) is 11.3 Å². The van der Waals surface area contributed by atoms with Crippen molar-refractivity contribution >= 4 is 43.3 Å². The van der Waals surface area contributed by atoms with E-state index in [1.807, 2.05) is 30.3 Å². The number of sulfonamides is 1. The predicted molar refractivity (Wildman–Crippen MR) is 124 cm³/mol. The number of fused-ring (bicyclic) bond motifs is 1. The molecule has 0 atom stereocenters. The Morgan fingerprint density at radius 1 is 1.00 bits per heavy atom. The highest BCUT2D eigenvalue weighted by molar-refractivity contribution is 8.01. The van der Waals surface area contributed by atoms with Crippen molar-refractivity contribution in [2.75, 3.05) is 5.75 Å². The molecular formula is C22H28N2O2S3. The first-order valence-electron chi connectivity index (χ1n) is 10.2.